The molecule has 3 nitrogen and oxygen atoms in total. The molecule has 206 valence electrons. The van der Waals surface area contributed by atoms with Gasteiger partial charge >= 0.3 is 11.9 Å². The number of alkyl halides is 2. The first kappa shape index (κ1) is 27.6. The number of aromatic hydroxyl groups is 1. The van der Waals surface area contributed by atoms with Crippen LogP contribution in [0.25, 0.3) is 0 Å². The second kappa shape index (κ2) is 11.3. The van der Waals surface area contributed by atoms with Gasteiger partial charge in [0.2, 0.25) is 0 Å². The third kappa shape index (κ3) is 6.46. The van der Waals surface area contributed by atoms with Crippen molar-refractivity contribution in [1.29, 1.82) is 0 Å². The summed E-state index contributed by atoms with van der Waals surface area (Å²) in [5, 5.41) is 9.39. The van der Waals surface area contributed by atoms with Gasteiger partial charge in [0.05, 0.1) is 17.5 Å². The number of hydrogen-bond acceptors (Lipinski definition) is 3. The van der Waals surface area contributed by atoms with Crippen LogP contribution in [0.2, 0.25) is 0 Å². The van der Waals surface area contributed by atoms with Crippen molar-refractivity contribution in [2.45, 2.75) is 66.1 Å². The van der Waals surface area contributed by atoms with E-state index in [0.717, 1.165) is 51.7 Å². The van der Waals surface area contributed by atoms with E-state index in [1.54, 1.807) is 6.07 Å². The Morgan fingerprint density at radius 3 is 1.79 bits per heavy atom. The van der Waals surface area contributed by atoms with Gasteiger partial charge in [0.15, 0.2) is 26.3 Å². The second-order valence-electron chi connectivity index (χ2n) is 11.4. The summed E-state index contributed by atoms with van der Waals surface area (Å²) in [4.78, 5) is 14.3. The molecule has 3 aromatic carbocycles. The molecule has 0 unspecified atom stereocenters. The molecule has 7 rings (SSSR count). The van der Waals surface area contributed by atoms with E-state index in [9.17, 15) is 23.1 Å². The summed E-state index contributed by atoms with van der Waals surface area (Å²) in [6.45, 7) is 0.813. The van der Waals surface area contributed by atoms with E-state index in [0.29, 0.717) is 6.92 Å². The van der Waals surface area contributed by atoms with Gasteiger partial charge in [-0.05, 0) is 92.7 Å². The third-order valence-corrected chi connectivity index (χ3v) is 10.4. The largest absolute Gasteiger partial charge is 0.505 e. The van der Waals surface area contributed by atoms with Gasteiger partial charge in [0.1, 0.15) is 0 Å². The number of rotatable bonds is 6. The number of halogens is 3. The number of phenols is 1. The highest BCUT2D eigenvalue weighted by molar-refractivity contribution is 7.97. The number of ether oxygens (including phenoxy) is 1. The lowest BCUT2D eigenvalue weighted by atomic mass is 9.50. The fourth-order valence-electron chi connectivity index (χ4n) is 6.95. The first-order valence-corrected chi connectivity index (χ1v) is 14.7. The van der Waals surface area contributed by atoms with E-state index < -0.39 is 17.7 Å². The Morgan fingerprint density at radius 2 is 1.36 bits per heavy atom. The number of benzene rings is 3. The van der Waals surface area contributed by atoms with Crippen molar-refractivity contribution >= 4 is 16.9 Å². The Morgan fingerprint density at radius 1 is 0.872 bits per heavy atom. The Hall–Kier alpha value is -2.93. The minimum atomic E-state index is -3.36. The smallest absolute Gasteiger partial charge is 0.376 e. The van der Waals surface area contributed by atoms with Crippen LogP contribution in [0, 0.1) is 29.0 Å². The Labute approximate surface area is 230 Å². The predicted octanol–water partition coefficient (Wildman–Crippen LogP) is 8.03. The standard InChI is InChI=1S/C18H13FOS.C14H20F2O2/c19-17-13-16(11-12-18(17)20)21(14-7-3-1-4-8-14)15-9-5-2-6-10-15;1-13(15,16)12(17)18-8-14-5-9-2-10(6-14)4-11(3-9)7-14/h1-13H;9-11H,2-8H2,1H3/p+1. The van der Waals surface area contributed by atoms with Crippen molar-refractivity contribution in [2.24, 2.45) is 23.2 Å². The first-order valence-electron chi connectivity index (χ1n) is 13.5. The number of phenolic OH excluding ortho intramolecular Hbond substituents is 1. The van der Waals surface area contributed by atoms with Gasteiger partial charge in [0.25, 0.3) is 0 Å². The zero-order chi connectivity index (χ0) is 27.6. The van der Waals surface area contributed by atoms with Crippen molar-refractivity contribution in [3.8, 4) is 5.75 Å². The maximum absolute atomic E-state index is 13.7. The highest BCUT2D eigenvalue weighted by Crippen LogP contribution is 2.60. The number of hydrogen-bond donors (Lipinski definition) is 1. The van der Waals surface area contributed by atoms with Gasteiger partial charge in [-0.25, -0.2) is 9.18 Å². The summed E-state index contributed by atoms with van der Waals surface area (Å²) in [6, 6.07) is 24.6. The molecule has 0 aliphatic heterocycles. The van der Waals surface area contributed by atoms with Gasteiger partial charge in [-0.15, -0.1) is 0 Å². The molecule has 0 radical (unpaired) electrons. The highest BCUT2D eigenvalue weighted by Gasteiger charge is 2.52. The monoisotopic (exact) mass is 555 g/mol. The van der Waals surface area contributed by atoms with Crippen LogP contribution in [0.3, 0.4) is 0 Å². The molecule has 0 spiro atoms. The molecular weight excluding hydrogens is 521 g/mol. The van der Waals surface area contributed by atoms with Crippen LogP contribution in [0.15, 0.2) is 93.5 Å². The van der Waals surface area contributed by atoms with Crippen LogP contribution in [0.1, 0.15) is 45.4 Å². The summed E-state index contributed by atoms with van der Waals surface area (Å²) in [5.74, 6) is -3.38. The van der Waals surface area contributed by atoms with E-state index in [2.05, 4.69) is 0 Å². The van der Waals surface area contributed by atoms with E-state index in [-0.39, 0.29) is 28.7 Å². The topological polar surface area (TPSA) is 46.5 Å². The molecule has 4 aliphatic rings. The van der Waals surface area contributed by atoms with Crippen LogP contribution in [-0.2, 0) is 20.4 Å². The fourth-order valence-corrected chi connectivity index (χ4v) is 9.05. The summed E-state index contributed by atoms with van der Waals surface area (Å²) < 4.78 is 44.2. The zero-order valence-corrected chi connectivity index (χ0v) is 22.8. The zero-order valence-electron chi connectivity index (χ0n) is 22.0. The SMILES string of the molecule is CC(F)(F)C(=O)OCC12CC3CC(CC(C3)C1)C2.Oc1ccc([S+](c2ccccc2)c2ccccc2)cc1F. The van der Waals surface area contributed by atoms with Gasteiger partial charge in [-0.3, -0.25) is 0 Å². The molecule has 39 heavy (non-hydrogen) atoms. The summed E-state index contributed by atoms with van der Waals surface area (Å²) >= 11 is 0. The van der Waals surface area contributed by atoms with E-state index in [4.69, 9.17) is 4.74 Å². The first-order chi connectivity index (χ1) is 18.6. The minimum absolute atomic E-state index is 0.0235. The van der Waals surface area contributed by atoms with E-state index >= 15 is 0 Å². The van der Waals surface area contributed by atoms with Crippen molar-refractivity contribution < 1.29 is 27.8 Å². The average Bonchev–Trinajstić information content (AvgIpc) is 2.90. The molecule has 4 saturated carbocycles. The lowest BCUT2D eigenvalue weighted by Crippen LogP contribution is -2.49. The third-order valence-electron chi connectivity index (χ3n) is 8.15. The Kier molecular flexibility index (Phi) is 7.99. The van der Waals surface area contributed by atoms with Gasteiger partial charge < -0.3 is 9.84 Å². The van der Waals surface area contributed by atoms with Crippen LogP contribution in [-0.4, -0.2) is 23.6 Å². The lowest BCUT2D eigenvalue weighted by molar-refractivity contribution is -0.179. The number of esters is 1. The molecule has 0 aromatic heterocycles. The van der Waals surface area contributed by atoms with Crippen LogP contribution in [0.4, 0.5) is 13.2 Å². The van der Waals surface area contributed by atoms with Crippen LogP contribution in [0.5, 0.6) is 5.75 Å². The maximum Gasteiger partial charge on any atom is 0.376 e. The van der Waals surface area contributed by atoms with Crippen molar-refractivity contribution in [1.82, 2.24) is 0 Å². The molecule has 4 bridgehead atoms. The highest BCUT2D eigenvalue weighted by atomic mass is 32.2. The number of carbonyl (C=O) groups excluding carboxylic acids is 1. The van der Waals surface area contributed by atoms with Crippen molar-refractivity contribution in [2.75, 3.05) is 6.61 Å². The minimum Gasteiger partial charge on any atom is -0.505 e. The molecule has 0 saturated heterocycles. The summed E-state index contributed by atoms with van der Waals surface area (Å²) in [7, 11) is -0.384. The molecule has 4 fully saturated rings. The maximum atomic E-state index is 13.7. The molecule has 4 aliphatic carbocycles. The second-order valence-corrected chi connectivity index (χ2v) is 13.5. The van der Waals surface area contributed by atoms with E-state index in [1.165, 1.54) is 31.4 Å². The van der Waals surface area contributed by atoms with Crippen molar-refractivity contribution in [3.63, 3.8) is 0 Å². The molecule has 3 aromatic rings. The van der Waals surface area contributed by atoms with Crippen molar-refractivity contribution in [3.05, 3.63) is 84.7 Å². The fraction of sp³-hybridized carbons (Fsp3) is 0.406. The Balaban J connectivity index is 0.000000160. The number of carbonyl (C=O) groups is 1. The predicted molar refractivity (Wildman–Crippen MR) is 145 cm³/mol. The lowest BCUT2D eigenvalue weighted by Gasteiger charge is -2.56. The summed E-state index contributed by atoms with van der Waals surface area (Å²) in [5.41, 5.74) is 0.0235. The Bertz CT molecular complexity index is 1200. The average molecular weight is 556 g/mol. The molecule has 0 atom stereocenters. The molecule has 7 heteroatoms. The molecule has 0 amide bonds. The van der Waals surface area contributed by atoms with Gasteiger partial charge in [0, 0.05) is 18.4 Å². The van der Waals surface area contributed by atoms with E-state index in [1.807, 2.05) is 60.7 Å². The molecule has 0 heterocycles. The van der Waals surface area contributed by atoms with Crippen LogP contribution >= 0.6 is 0 Å². The quantitative estimate of drug-likeness (QED) is 0.247. The summed E-state index contributed by atoms with van der Waals surface area (Å²) in [6.07, 6.45) is 7.12. The van der Waals surface area contributed by atoms with Crippen LogP contribution < -0.4 is 0 Å². The molecule has 1 N–H and O–H groups in total. The van der Waals surface area contributed by atoms with Gasteiger partial charge in [-0.2, -0.15) is 8.78 Å². The van der Waals surface area contributed by atoms with Gasteiger partial charge in [-0.1, -0.05) is 36.4 Å². The normalized spacial score (nSPS) is 25.2. The molecular formula is C32H34F3O3S+.